The molecular formula is C23H27F3N6. The normalized spacial score (nSPS) is 16.4. The van der Waals surface area contributed by atoms with Crippen LogP contribution in [0.4, 0.5) is 24.8 Å². The van der Waals surface area contributed by atoms with Crippen LogP contribution in [0.25, 0.3) is 10.9 Å². The Kier molecular flexibility index (Phi) is 5.94. The second-order valence-corrected chi connectivity index (χ2v) is 8.43. The third kappa shape index (κ3) is 4.48. The van der Waals surface area contributed by atoms with Crippen molar-refractivity contribution in [3.05, 3.63) is 53.2 Å². The number of aromatic nitrogens is 3. The van der Waals surface area contributed by atoms with Crippen LogP contribution < -0.4 is 10.2 Å². The molecule has 0 spiro atoms. The van der Waals surface area contributed by atoms with Crippen LogP contribution in [0.5, 0.6) is 0 Å². The lowest BCUT2D eigenvalue weighted by Gasteiger charge is -2.33. The lowest BCUT2D eigenvalue weighted by Crippen LogP contribution is -2.44. The Balaban J connectivity index is 1.69. The molecule has 1 N–H and O–H groups in total. The average Bonchev–Trinajstić information content (AvgIpc) is 2.73. The fourth-order valence-corrected chi connectivity index (χ4v) is 3.96. The van der Waals surface area contributed by atoms with E-state index in [4.69, 9.17) is 0 Å². The lowest BCUT2D eigenvalue weighted by atomic mass is 10.0. The summed E-state index contributed by atoms with van der Waals surface area (Å²) in [6.45, 7) is 7.81. The van der Waals surface area contributed by atoms with Gasteiger partial charge in [0.25, 0.3) is 5.92 Å². The monoisotopic (exact) mass is 444 g/mol. The number of rotatable bonds is 5. The van der Waals surface area contributed by atoms with Crippen molar-refractivity contribution in [2.75, 3.05) is 43.4 Å². The molecule has 9 heteroatoms. The molecule has 0 amide bonds. The first-order valence-corrected chi connectivity index (χ1v) is 10.6. The molecule has 0 aliphatic carbocycles. The Hall–Kier alpha value is -2.94. The molecule has 1 aliphatic rings. The van der Waals surface area contributed by atoms with Gasteiger partial charge in [0, 0.05) is 44.1 Å². The van der Waals surface area contributed by atoms with Gasteiger partial charge in [-0.25, -0.2) is 28.1 Å². The average molecular weight is 445 g/mol. The zero-order chi connectivity index (χ0) is 23.0. The molecule has 3 heterocycles. The zero-order valence-corrected chi connectivity index (χ0v) is 18.7. The first-order valence-electron chi connectivity index (χ1n) is 10.6. The summed E-state index contributed by atoms with van der Waals surface area (Å²) in [5, 5.41) is 3.96. The number of piperazine rings is 1. The molecule has 1 aliphatic heterocycles. The van der Waals surface area contributed by atoms with Gasteiger partial charge in [0.15, 0.2) is 0 Å². The topological polar surface area (TPSA) is 57.2 Å². The molecule has 2 aromatic heterocycles. The minimum absolute atomic E-state index is 0.154. The first kappa shape index (κ1) is 22.3. The summed E-state index contributed by atoms with van der Waals surface area (Å²) < 4.78 is 42.5. The van der Waals surface area contributed by atoms with Gasteiger partial charge in [0.05, 0.1) is 23.3 Å². The summed E-state index contributed by atoms with van der Waals surface area (Å²) in [4.78, 5) is 18.0. The van der Waals surface area contributed by atoms with Crippen molar-refractivity contribution in [3.8, 4) is 0 Å². The van der Waals surface area contributed by atoms with E-state index in [0.29, 0.717) is 24.1 Å². The number of hydrogen-bond donors (Lipinski definition) is 1. The van der Waals surface area contributed by atoms with Crippen LogP contribution in [-0.4, -0.2) is 53.1 Å². The number of pyridine rings is 1. The molecule has 1 aromatic carbocycles. The molecule has 1 saturated heterocycles. The summed E-state index contributed by atoms with van der Waals surface area (Å²) in [5.74, 6) is -2.29. The van der Waals surface area contributed by atoms with Gasteiger partial charge in [-0.1, -0.05) is 18.2 Å². The van der Waals surface area contributed by atoms with Crippen molar-refractivity contribution in [1.29, 1.82) is 0 Å². The molecule has 0 unspecified atom stereocenters. The predicted octanol–water partition coefficient (Wildman–Crippen LogP) is 4.51. The molecule has 1 atom stereocenters. The van der Waals surface area contributed by atoms with Crippen LogP contribution in [0.15, 0.2) is 30.5 Å². The quantitative estimate of drug-likeness (QED) is 0.625. The second kappa shape index (κ2) is 8.54. The smallest absolute Gasteiger partial charge is 0.273 e. The molecular weight excluding hydrogens is 417 g/mol. The van der Waals surface area contributed by atoms with Gasteiger partial charge in [-0.2, -0.15) is 0 Å². The molecule has 3 aromatic rings. The third-order valence-corrected chi connectivity index (χ3v) is 5.83. The number of alkyl halides is 2. The summed E-state index contributed by atoms with van der Waals surface area (Å²) in [7, 11) is 2.09. The Bertz CT molecular complexity index is 1120. The molecule has 1 fully saturated rings. The van der Waals surface area contributed by atoms with Gasteiger partial charge < -0.3 is 15.1 Å². The van der Waals surface area contributed by atoms with E-state index in [9.17, 15) is 13.2 Å². The van der Waals surface area contributed by atoms with E-state index in [2.05, 4.69) is 37.1 Å². The Labute approximate surface area is 185 Å². The van der Waals surface area contributed by atoms with Crippen molar-refractivity contribution >= 4 is 22.5 Å². The molecule has 0 bridgehead atoms. The van der Waals surface area contributed by atoms with Crippen LogP contribution in [-0.2, 0) is 5.92 Å². The first-order chi connectivity index (χ1) is 15.1. The number of aryl methyl sites for hydroxylation is 1. The highest BCUT2D eigenvalue weighted by Crippen LogP contribution is 2.34. The van der Waals surface area contributed by atoms with E-state index in [1.54, 1.807) is 20.0 Å². The van der Waals surface area contributed by atoms with Gasteiger partial charge in [-0.3, -0.25) is 0 Å². The lowest BCUT2D eigenvalue weighted by molar-refractivity contribution is 0.0136. The Morgan fingerprint density at radius 2 is 1.84 bits per heavy atom. The summed E-state index contributed by atoms with van der Waals surface area (Å²) >= 11 is 0. The zero-order valence-electron chi connectivity index (χ0n) is 18.7. The number of nitrogens with zero attached hydrogens (tertiary/aromatic N) is 5. The fourth-order valence-electron chi connectivity index (χ4n) is 3.96. The molecule has 0 radical (unpaired) electrons. The van der Waals surface area contributed by atoms with E-state index in [1.165, 1.54) is 12.1 Å². The van der Waals surface area contributed by atoms with Crippen molar-refractivity contribution < 1.29 is 13.2 Å². The minimum Gasteiger partial charge on any atom is -0.363 e. The highest BCUT2D eigenvalue weighted by Gasteiger charge is 2.30. The maximum Gasteiger partial charge on any atom is 0.273 e. The van der Waals surface area contributed by atoms with Crippen molar-refractivity contribution in [1.82, 2.24) is 19.9 Å². The maximum absolute atomic E-state index is 14.9. The summed E-state index contributed by atoms with van der Waals surface area (Å²) in [6.07, 6.45) is 1.71. The van der Waals surface area contributed by atoms with E-state index in [-0.39, 0.29) is 5.56 Å². The number of nitrogens with one attached hydrogen (secondary N) is 1. The second-order valence-electron chi connectivity index (χ2n) is 8.43. The van der Waals surface area contributed by atoms with Gasteiger partial charge in [-0.15, -0.1) is 0 Å². The summed E-state index contributed by atoms with van der Waals surface area (Å²) in [6, 6.07) is 5.42. The van der Waals surface area contributed by atoms with Crippen LogP contribution in [0.1, 0.15) is 36.8 Å². The van der Waals surface area contributed by atoms with E-state index >= 15 is 0 Å². The standard InChI is InChI=1S/C23H27F3N6/c1-14(16-6-5-7-18(21(16)24)23(3,25)26)28-22-17-12-20(32-10-8-31(4)9-11-32)27-13-19(17)29-15(2)30-22/h5-7,12-14H,8-11H2,1-4H3,(H,28,29,30)/t14-/m1/s1. The van der Waals surface area contributed by atoms with Crippen molar-refractivity contribution in [2.24, 2.45) is 0 Å². The molecule has 170 valence electrons. The molecule has 32 heavy (non-hydrogen) atoms. The highest BCUT2D eigenvalue weighted by atomic mass is 19.3. The number of fused-ring (bicyclic) bond motifs is 1. The van der Waals surface area contributed by atoms with Gasteiger partial charge in [0.1, 0.15) is 23.3 Å². The number of benzene rings is 1. The van der Waals surface area contributed by atoms with Crippen LogP contribution in [0, 0.1) is 12.7 Å². The number of anilines is 2. The van der Waals surface area contributed by atoms with Crippen LogP contribution in [0.2, 0.25) is 0 Å². The van der Waals surface area contributed by atoms with Gasteiger partial charge in [0.2, 0.25) is 0 Å². The summed E-state index contributed by atoms with van der Waals surface area (Å²) in [5.41, 5.74) is 0.204. The van der Waals surface area contributed by atoms with Crippen molar-refractivity contribution in [3.63, 3.8) is 0 Å². The van der Waals surface area contributed by atoms with Crippen LogP contribution >= 0.6 is 0 Å². The fraction of sp³-hybridized carbons (Fsp3) is 0.435. The number of hydrogen-bond acceptors (Lipinski definition) is 6. The maximum atomic E-state index is 14.9. The Morgan fingerprint density at radius 1 is 1.12 bits per heavy atom. The van der Waals surface area contributed by atoms with Crippen molar-refractivity contribution in [2.45, 2.75) is 32.7 Å². The van der Waals surface area contributed by atoms with E-state index < -0.39 is 23.3 Å². The molecule has 4 rings (SSSR count). The van der Waals surface area contributed by atoms with E-state index in [1.807, 2.05) is 6.07 Å². The number of likely N-dealkylation sites (N-methyl/N-ethyl adjacent to an activating group) is 1. The van der Waals surface area contributed by atoms with Crippen LogP contribution in [0.3, 0.4) is 0 Å². The predicted molar refractivity (Wildman–Crippen MR) is 120 cm³/mol. The minimum atomic E-state index is -3.26. The Morgan fingerprint density at radius 3 is 2.53 bits per heavy atom. The largest absolute Gasteiger partial charge is 0.363 e. The van der Waals surface area contributed by atoms with Gasteiger partial charge in [-0.05, 0) is 27.0 Å². The van der Waals surface area contributed by atoms with Gasteiger partial charge >= 0.3 is 0 Å². The molecule has 0 saturated carbocycles. The highest BCUT2D eigenvalue weighted by molar-refractivity contribution is 5.90. The molecule has 6 nitrogen and oxygen atoms in total. The van der Waals surface area contributed by atoms with E-state index in [0.717, 1.165) is 43.4 Å². The SMILES string of the molecule is Cc1nc(N[C@H](C)c2cccc(C(C)(F)F)c2F)c2cc(N3CCN(C)CC3)ncc2n1. The third-order valence-electron chi connectivity index (χ3n) is 5.83. The number of halogens is 3.